The van der Waals surface area contributed by atoms with Gasteiger partial charge in [-0.1, -0.05) is 11.6 Å². The molecule has 2 rings (SSSR count). The van der Waals surface area contributed by atoms with Crippen LogP contribution in [0.25, 0.3) is 5.69 Å². The van der Waals surface area contributed by atoms with E-state index in [0.717, 1.165) is 0 Å². The van der Waals surface area contributed by atoms with Gasteiger partial charge in [0.25, 0.3) is 5.69 Å². The highest BCUT2D eigenvalue weighted by molar-refractivity contribution is 6.32. The number of aliphatic hydroxyl groups excluding tert-OH is 1. The highest BCUT2D eigenvalue weighted by atomic mass is 35.5. The van der Waals surface area contributed by atoms with Crippen molar-refractivity contribution in [3.05, 3.63) is 51.3 Å². The van der Waals surface area contributed by atoms with Crippen molar-refractivity contribution in [2.45, 2.75) is 6.61 Å². The minimum Gasteiger partial charge on any atom is -0.390 e. The van der Waals surface area contributed by atoms with Crippen molar-refractivity contribution in [3.63, 3.8) is 0 Å². The van der Waals surface area contributed by atoms with Crippen molar-refractivity contribution >= 4 is 17.3 Å². The predicted octanol–water partition coefficient (Wildman–Crippen LogP) is 1.93. The molecule has 2 aromatic rings. The third-order valence-corrected chi connectivity index (χ3v) is 2.50. The van der Waals surface area contributed by atoms with Crippen LogP contribution in [0, 0.1) is 10.1 Å². The van der Waals surface area contributed by atoms with E-state index >= 15 is 0 Å². The Kier molecular flexibility index (Phi) is 3.08. The molecule has 0 amide bonds. The van der Waals surface area contributed by atoms with Crippen molar-refractivity contribution in [2.24, 2.45) is 0 Å². The molecule has 88 valence electrons. The molecule has 1 aromatic heterocycles. The number of halogens is 1. The number of aromatic nitrogens is 2. The molecule has 0 aliphatic rings. The molecular weight excluding hydrogens is 246 g/mol. The third kappa shape index (κ3) is 2.27. The van der Waals surface area contributed by atoms with Crippen LogP contribution in [0.5, 0.6) is 0 Å². The minimum atomic E-state index is -0.547. The zero-order valence-corrected chi connectivity index (χ0v) is 9.33. The molecule has 0 saturated carbocycles. The maximum atomic E-state index is 10.6. The second-order valence-electron chi connectivity index (χ2n) is 3.30. The molecule has 0 aliphatic carbocycles. The molecule has 6 nitrogen and oxygen atoms in total. The molecule has 7 heteroatoms. The first-order chi connectivity index (χ1) is 8.11. The molecule has 0 fully saturated rings. The lowest BCUT2D eigenvalue weighted by Gasteiger charge is -2.02. The predicted molar refractivity (Wildman–Crippen MR) is 61.2 cm³/mol. The summed E-state index contributed by atoms with van der Waals surface area (Å²) in [6, 6.07) is 5.96. The summed E-state index contributed by atoms with van der Waals surface area (Å²) in [7, 11) is 0. The van der Waals surface area contributed by atoms with Gasteiger partial charge in [0.05, 0.1) is 22.9 Å². The van der Waals surface area contributed by atoms with Gasteiger partial charge in [-0.05, 0) is 18.2 Å². The number of hydrogen-bond donors (Lipinski definition) is 1. The van der Waals surface area contributed by atoms with Gasteiger partial charge in [-0.15, -0.1) is 0 Å². The number of nitrogens with zero attached hydrogens (tertiary/aromatic N) is 3. The Labute approximate surface area is 101 Å². The molecule has 1 heterocycles. The molecule has 0 atom stereocenters. The normalized spacial score (nSPS) is 10.5. The summed E-state index contributed by atoms with van der Waals surface area (Å²) in [6.45, 7) is -0.159. The fourth-order valence-electron chi connectivity index (χ4n) is 1.38. The van der Waals surface area contributed by atoms with Gasteiger partial charge in [0.15, 0.2) is 0 Å². The van der Waals surface area contributed by atoms with Crippen LogP contribution < -0.4 is 0 Å². The van der Waals surface area contributed by atoms with Crippen molar-refractivity contribution in [2.75, 3.05) is 0 Å². The fourth-order valence-corrected chi connectivity index (χ4v) is 1.62. The largest absolute Gasteiger partial charge is 0.390 e. The van der Waals surface area contributed by atoms with E-state index < -0.39 is 4.92 Å². The SMILES string of the molecule is O=[N+]([O-])c1ccc(-n2ccc(CO)n2)cc1Cl. The lowest BCUT2D eigenvalue weighted by molar-refractivity contribution is -0.384. The van der Waals surface area contributed by atoms with Crippen molar-refractivity contribution < 1.29 is 10.0 Å². The molecular formula is C10H8ClN3O3. The summed E-state index contributed by atoms with van der Waals surface area (Å²) < 4.78 is 1.49. The molecule has 0 spiro atoms. The lowest BCUT2D eigenvalue weighted by atomic mass is 10.3. The summed E-state index contributed by atoms with van der Waals surface area (Å²) >= 11 is 5.78. The first-order valence-electron chi connectivity index (χ1n) is 4.71. The quantitative estimate of drug-likeness (QED) is 0.669. The van der Waals surface area contributed by atoms with Crippen LogP contribution in [0.4, 0.5) is 5.69 Å². The second-order valence-corrected chi connectivity index (χ2v) is 3.71. The van der Waals surface area contributed by atoms with Gasteiger partial charge in [-0.3, -0.25) is 10.1 Å². The summed E-state index contributed by atoms with van der Waals surface area (Å²) in [4.78, 5) is 10.0. The Morgan fingerprint density at radius 2 is 2.24 bits per heavy atom. The zero-order valence-electron chi connectivity index (χ0n) is 8.58. The van der Waals surface area contributed by atoms with Crippen LogP contribution >= 0.6 is 11.6 Å². The number of nitro groups is 1. The molecule has 0 unspecified atom stereocenters. The van der Waals surface area contributed by atoms with Gasteiger partial charge in [0.1, 0.15) is 5.02 Å². The zero-order chi connectivity index (χ0) is 12.4. The highest BCUT2D eigenvalue weighted by Crippen LogP contribution is 2.26. The Morgan fingerprint density at radius 1 is 1.47 bits per heavy atom. The van der Waals surface area contributed by atoms with Gasteiger partial charge in [-0.25, -0.2) is 4.68 Å². The average Bonchev–Trinajstić information content (AvgIpc) is 2.76. The summed E-state index contributed by atoms with van der Waals surface area (Å²) in [5, 5.41) is 23.6. The van der Waals surface area contributed by atoms with Crippen molar-refractivity contribution in [1.82, 2.24) is 9.78 Å². The van der Waals surface area contributed by atoms with Gasteiger partial charge in [-0.2, -0.15) is 5.10 Å². The first-order valence-corrected chi connectivity index (χ1v) is 5.09. The topological polar surface area (TPSA) is 81.2 Å². The molecule has 0 radical (unpaired) electrons. The number of hydrogen-bond acceptors (Lipinski definition) is 4. The van der Waals surface area contributed by atoms with E-state index in [4.69, 9.17) is 16.7 Å². The van der Waals surface area contributed by atoms with E-state index in [9.17, 15) is 10.1 Å². The van der Waals surface area contributed by atoms with Crippen LogP contribution in [-0.2, 0) is 6.61 Å². The minimum absolute atomic E-state index is 0.0496. The van der Waals surface area contributed by atoms with Crippen LogP contribution in [0.3, 0.4) is 0 Å². The van der Waals surface area contributed by atoms with Crippen LogP contribution in [-0.4, -0.2) is 19.8 Å². The fraction of sp³-hybridized carbons (Fsp3) is 0.100. The third-order valence-electron chi connectivity index (χ3n) is 2.20. The summed E-state index contributed by atoms with van der Waals surface area (Å²) in [6.07, 6.45) is 1.64. The number of aliphatic hydroxyl groups is 1. The van der Waals surface area contributed by atoms with E-state index in [1.807, 2.05) is 0 Å². The van der Waals surface area contributed by atoms with E-state index in [1.165, 1.54) is 22.9 Å². The van der Waals surface area contributed by atoms with E-state index in [1.54, 1.807) is 12.3 Å². The van der Waals surface area contributed by atoms with E-state index in [-0.39, 0.29) is 17.3 Å². The lowest BCUT2D eigenvalue weighted by Crippen LogP contribution is -1.97. The molecule has 1 N–H and O–H groups in total. The van der Waals surface area contributed by atoms with Crippen molar-refractivity contribution in [3.8, 4) is 5.69 Å². The maximum Gasteiger partial charge on any atom is 0.288 e. The second kappa shape index (κ2) is 4.52. The van der Waals surface area contributed by atoms with Crippen LogP contribution in [0.15, 0.2) is 30.5 Å². The van der Waals surface area contributed by atoms with Gasteiger partial charge in [0.2, 0.25) is 0 Å². The van der Waals surface area contributed by atoms with Crippen LogP contribution in [0.2, 0.25) is 5.02 Å². The maximum absolute atomic E-state index is 10.6. The molecule has 0 bridgehead atoms. The standard InChI is InChI=1S/C10H8ClN3O3/c11-9-5-8(1-2-10(9)14(16)17)13-4-3-7(6-15)12-13/h1-5,15H,6H2. The highest BCUT2D eigenvalue weighted by Gasteiger charge is 2.13. The molecule has 1 aromatic carbocycles. The molecule has 0 saturated heterocycles. The van der Waals surface area contributed by atoms with E-state index in [0.29, 0.717) is 11.4 Å². The van der Waals surface area contributed by atoms with Crippen molar-refractivity contribution in [1.29, 1.82) is 0 Å². The number of rotatable bonds is 3. The monoisotopic (exact) mass is 253 g/mol. The van der Waals surface area contributed by atoms with Gasteiger partial charge >= 0.3 is 0 Å². The Hall–Kier alpha value is -1.92. The molecule has 0 aliphatic heterocycles. The Balaban J connectivity index is 2.40. The Bertz CT molecular complexity index is 568. The van der Waals surface area contributed by atoms with Gasteiger partial charge in [0, 0.05) is 12.3 Å². The summed E-state index contributed by atoms with van der Waals surface area (Å²) in [5.41, 5.74) is 0.963. The average molecular weight is 254 g/mol. The molecule has 17 heavy (non-hydrogen) atoms. The number of benzene rings is 1. The summed E-state index contributed by atoms with van der Waals surface area (Å²) in [5.74, 6) is 0. The smallest absolute Gasteiger partial charge is 0.288 e. The van der Waals surface area contributed by atoms with Gasteiger partial charge < -0.3 is 5.11 Å². The van der Waals surface area contributed by atoms with E-state index in [2.05, 4.69) is 5.10 Å². The first kappa shape index (κ1) is 11.6. The number of nitro benzene ring substituents is 1. The Morgan fingerprint density at radius 3 is 2.76 bits per heavy atom. The van der Waals surface area contributed by atoms with Crippen LogP contribution in [0.1, 0.15) is 5.69 Å².